The summed E-state index contributed by atoms with van der Waals surface area (Å²) in [5, 5.41) is 5.45. The average molecular weight is 453 g/mol. The molecule has 0 saturated carbocycles. The Morgan fingerprint density at radius 3 is 2.70 bits per heavy atom. The van der Waals surface area contributed by atoms with Crippen LogP contribution in [0.15, 0.2) is 55.0 Å². The lowest BCUT2D eigenvalue weighted by Gasteiger charge is -2.17. The summed E-state index contributed by atoms with van der Waals surface area (Å²) in [5.74, 6) is -1.96. The van der Waals surface area contributed by atoms with Gasteiger partial charge < -0.3 is 15.2 Å². The second-order valence-electron chi connectivity index (χ2n) is 8.31. The van der Waals surface area contributed by atoms with Gasteiger partial charge in [-0.3, -0.25) is 9.59 Å². The van der Waals surface area contributed by atoms with Crippen LogP contribution in [0.2, 0.25) is 0 Å². The Kier molecular flexibility index (Phi) is 6.82. The number of hydrogen-bond acceptors (Lipinski definition) is 3. The molecular weight excluding hydrogens is 426 g/mol. The molecule has 4 rings (SSSR count). The number of amides is 2. The monoisotopic (exact) mass is 452 g/mol. The van der Waals surface area contributed by atoms with Gasteiger partial charge in [-0.05, 0) is 48.1 Å². The highest BCUT2D eigenvalue weighted by atomic mass is 19.1. The Labute approximate surface area is 191 Å². The summed E-state index contributed by atoms with van der Waals surface area (Å²) < 4.78 is 28.8. The molecule has 3 aromatic rings. The number of halogens is 2. The van der Waals surface area contributed by atoms with Crippen LogP contribution in [0, 0.1) is 11.6 Å². The van der Waals surface area contributed by atoms with Gasteiger partial charge in [0.05, 0.1) is 18.8 Å². The van der Waals surface area contributed by atoms with Crippen molar-refractivity contribution in [3.05, 3.63) is 83.3 Å². The summed E-state index contributed by atoms with van der Waals surface area (Å²) in [7, 11) is 0. The van der Waals surface area contributed by atoms with Crippen LogP contribution >= 0.6 is 0 Å². The summed E-state index contributed by atoms with van der Waals surface area (Å²) in [5.41, 5.74) is 2.79. The highest BCUT2D eigenvalue weighted by Crippen LogP contribution is 2.34. The van der Waals surface area contributed by atoms with E-state index in [0.717, 1.165) is 31.0 Å². The number of fused-ring (bicyclic) bond motifs is 1. The smallest absolute Gasteiger partial charge is 0.248 e. The Morgan fingerprint density at radius 1 is 1.18 bits per heavy atom. The molecule has 0 saturated heterocycles. The summed E-state index contributed by atoms with van der Waals surface area (Å²) in [6.45, 7) is 1.90. The molecule has 2 N–H and O–H groups in total. The molecule has 0 radical (unpaired) electrons. The molecule has 2 atom stereocenters. The van der Waals surface area contributed by atoms with E-state index < -0.39 is 23.6 Å². The maximum Gasteiger partial charge on any atom is 0.248 e. The number of aryl methyl sites for hydroxylation is 1. The molecule has 6 nitrogen and oxygen atoms in total. The van der Waals surface area contributed by atoms with Gasteiger partial charge in [-0.2, -0.15) is 0 Å². The third-order valence-electron chi connectivity index (χ3n) is 5.83. The fourth-order valence-corrected chi connectivity index (χ4v) is 4.33. The summed E-state index contributed by atoms with van der Waals surface area (Å²) in [4.78, 5) is 29.6. The molecule has 1 aromatic heterocycles. The zero-order valence-electron chi connectivity index (χ0n) is 18.4. The summed E-state index contributed by atoms with van der Waals surface area (Å²) >= 11 is 0. The van der Waals surface area contributed by atoms with Crippen LogP contribution in [-0.2, 0) is 22.4 Å². The first-order valence-electron chi connectivity index (χ1n) is 11.1. The molecule has 1 unspecified atom stereocenters. The first-order valence-corrected chi connectivity index (χ1v) is 11.1. The lowest BCUT2D eigenvalue weighted by Crippen LogP contribution is -2.44. The third-order valence-corrected chi connectivity index (χ3v) is 5.83. The lowest BCUT2D eigenvalue weighted by molar-refractivity contribution is -0.126. The first-order chi connectivity index (χ1) is 15.9. The van der Waals surface area contributed by atoms with Crippen molar-refractivity contribution < 1.29 is 18.4 Å². The van der Waals surface area contributed by atoms with E-state index in [4.69, 9.17) is 0 Å². The number of rotatable bonds is 8. The predicted octanol–water partition coefficient (Wildman–Crippen LogP) is 4.16. The van der Waals surface area contributed by atoms with Crippen molar-refractivity contribution >= 4 is 17.6 Å². The van der Waals surface area contributed by atoms with Crippen molar-refractivity contribution in [1.82, 2.24) is 14.9 Å². The van der Waals surface area contributed by atoms with Crippen LogP contribution < -0.4 is 10.6 Å². The normalized spacial score (nSPS) is 15.7. The Hall–Kier alpha value is -3.55. The average Bonchev–Trinajstić information content (AvgIpc) is 3.39. The van der Waals surface area contributed by atoms with Crippen molar-refractivity contribution in [3.63, 3.8) is 0 Å². The van der Waals surface area contributed by atoms with Gasteiger partial charge in [-0.25, -0.2) is 13.8 Å². The molecule has 0 aliphatic heterocycles. The van der Waals surface area contributed by atoms with E-state index in [1.807, 2.05) is 23.6 Å². The van der Waals surface area contributed by atoms with E-state index in [0.29, 0.717) is 18.7 Å². The molecule has 0 spiro atoms. The number of benzene rings is 2. The molecule has 172 valence electrons. The van der Waals surface area contributed by atoms with Gasteiger partial charge in [-0.1, -0.05) is 37.6 Å². The number of carbonyl (C=O) groups is 2. The van der Waals surface area contributed by atoms with Crippen molar-refractivity contribution in [2.45, 2.75) is 51.1 Å². The van der Waals surface area contributed by atoms with Crippen molar-refractivity contribution in [2.75, 3.05) is 5.32 Å². The van der Waals surface area contributed by atoms with Crippen LogP contribution in [0.5, 0.6) is 0 Å². The molecule has 1 aliphatic rings. The van der Waals surface area contributed by atoms with Crippen LogP contribution in [0.25, 0.3) is 0 Å². The second-order valence-corrected chi connectivity index (χ2v) is 8.31. The van der Waals surface area contributed by atoms with E-state index in [1.165, 1.54) is 11.1 Å². The fraction of sp³-hybridized carbons (Fsp3) is 0.320. The highest BCUT2D eigenvalue weighted by molar-refractivity contribution is 5.96. The first kappa shape index (κ1) is 22.6. The van der Waals surface area contributed by atoms with Gasteiger partial charge in [0.2, 0.25) is 11.8 Å². The third kappa shape index (κ3) is 5.45. The SMILES string of the molecule is CCC[C@H](NC(=O)Cc1cc(F)cc(F)c1)C(=O)Nc1cn(C2CCc3ccccc32)cn1. The summed E-state index contributed by atoms with van der Waals surface area (Å²) in [6, 6.07) is 10.7. The zero-order valence-corrected chi connectivity index (χ0v) is 18.4. The fourth-order valence-electron chi connectivity index (χ4n) is 4.33. The van der Waals surface area contributed by atoms with E-state index >= 15 is 0 Å². The number of hydrogen-bond donors (Lipinski definition) is 2. The molecular formula is C25H26F2N4O2. The van der Waals surface area contributed by atoms with E-state index in [1.54, 1.807) is 12.5 Å². The number of nitrogens with zero attached hydrogens (tertiary/aromatic N) is 2. The molecule has 2 amide bonds. The van der Waals surface area contributed by atoms with Gasteiger partial charge in [0.1, 0.15) is 17.7 Å². The Bertz CT molecular complexity index is 1140. The van der Waals surface area contributed by atoms with E-state index in [-0.39, 0.29) is 23.9 Å². The minimum Gasteiger partial charge on any atom is -0.344 e. The second kappa shape index (κ2) is 9.94. The molecule has 33 heavy (non-hydrogen) atoms. The number of aromatic nitrogens is 2. The Morgan fingerprint density at radius 2 is 1.94 bits per heavy atom. The quantitative estimate of drug-likeness (QED) is 0.539. The topological polar surface area (TPSA) is 76.0 Å². The van der Waals surface area contributed by atoms with Crippen LogP contribution in [0.3, 0.4) is 0 Å². The maximum atomic E-state index is 13.4. The molecule has 2 aromatic carbocycles. The predicted molar refractivity (Wildman–Crippen MR) is 121 cm³/mol. The van der Waals surface area contributed by atoms with Crippen LogP contribution in [0.1, 0.15) is 48.9 Å². The molecule has 0 bridgehead atoms. The van der Waals surface area contributed by atoms with Gasteiger partial charge in [-0.15, -0.1) is 0 Å². The molecule has 8 heteroatoms. The van der Waals surface area contributed by atoms with Gasteiger partial charge in [0.15, 0.2) is 5.82 Å². The minimum atomic E-state index is -0.779. The van der Waals surface area contributed by atoms with Gasteiger partial charge in [0, 0.05) is 12.3 Å². The van der Waals surface area contributed by atoms with Crippen molar-refractivity contribution in [3.8, 4) is 0 Å². The largest absolute Gasteiger partial charge is 0.344 e. The van der Waals surface area contributed by atoms with Gasteiger partial charge >= 0.3 is 0 Å². The van der Waals surface area contributed by atoms with Crippen molar-refractivity contribution in [2.24, 2.45) is 0 Å². The Balaban J connectivity index is 1.39. The molecule has 1 heterocycles. The highest BCUT2D eigenvalue weighted by Gasteiger charge is 2.25. The van der Waals surface area contributed by atoms with Gasteiger partial charge in [0.25, 0.3) is 0 Å². The lowest BCUT2D eigenvalue weighted by atomic mass is 10.1. The van der Waals surface area contributed by atoms with E-state index in [9.17, 15) is 18.4 Å². The summed E-state index contributed by atoms with van der Waals surface area (Å²) in [6.07, 6.45) is 6.34. The number of nitrogens with one attached hydrogen (secondary N) is 2. The van der Waals surface area contributed by atoms with Crippen molar-refractivity contribution in [1.29, 1.82) is 0 Å². The van der Waals surface area contributed by atoms with Crippen LogP contribution in [-0.4, -0.2) is 27.4 Å². The molecule has 1 aliphatic carbocycles. The van der Waals surface area contributed by atoms with E-state index in [2.05, 4.69) is 27.8 Å². The number of imidazole rings is 1. The number of carbonyl (C=O) groups excluding carboxylic acids is 2. The minimum absolute atomic E-state index is 0.178. The molecule has 0 fully saturated rings. The van der Waals surface area contributed by atoms with Crippen LogP contribution in [0.4, 0.5) is 14.6 Å². The maximum absolute atomic E-state index is 13.4. The zero-order chi connectivity index (χ0) is 23.4. The standard InChI is InChI=1S/C25H26F2N4O2/c1-2-5-21(29-24(32)12-16-10-18(26)13-19(27)11-16)25(33)30-23-14-31(15-28-23)22-9-8-17-6-3-4-7-20(17)22/h3-4,6-7,10-11,13-15,21-22H,2,5,8-9,12H2,1H3,(H,29,32)(H,30,33)/t21-,22?/m0/s1. The number of anilines is 1.